The first-order valence-electron chi connectivity index (χ1n) is 7.24. The highest BCUT2D eigenvalue weighted by atomic mass is 35.5. The lowest BCUT2D eigenvalue weighted by Crippen LogP contribution is -2.33. The number of nitrogens with zero attached hydrogens (tertiary/aromatic N) is 3. The van der Waals surface area contributed by atoms with E-state index in [1.165, 1.54) is 0 Å². The second kappa shape index (κ2) is 7.56. The number of hydrogen-bond donors (Lipinski definition) is 0. The Bertz CT molecular complexity index is 728. The number of amides is 1. The van der Waals surface area contributed by atoms with Crippen molar-refractivity contribution in [2.45, 2.75) is 33.9 Å². The van der Waals surface area contributed by atoms with Gasteiger partial charge in [0.05, 0.1) is 26.5 Å². The van der Waals surface area contributed by atoms with Crippen molar-refractivity contribution in [3.8, 4) is 0 Å². The monoisotopic (exact) mass is 373 g/mol. The quantitative estimate of drug-likeness (QED) is 0.772. The molecule has 1 amide bonds. The summed E-state index contributed by atoms with van der Waals surface area (Å²) in [5.41, 5.74) is 2.45. The third-order valence-corrected chi connectivity index (χ3v) is 4.96. The van der Waals surface area contributed by atoms with Crippen molar-refractivity contribution in [3.63, 3.8) is 0 Å². The Labute approximate surface area is 150 Å². The predicted molar refractivity (Wildman–Crippen MR) is 94.3 cm³/mol. The van der Waals surface area contributed by atoms with Crippen LogP contribution in [0.25, 0.3) is 0 Å². The number of rotatable bonds is 5. The zero-order valence-corrected chi connectivity index (χ0v) is 15.5. The Morgan fingerprint density at radius 3 is 2.43 bits per heavy atom. The van der Waals surface area contributed by atoms with Crippen molar-refractivity contribution in [1.82, 2.24) is 14.7 Å². The molecule has 2 aromatic rings. The first-order chi connectivity index (χ1) is 10.8. The minimum atomic E-state index is -0.0270. The van der Waals surface area contributed by atoms with E-state index in [4.69, 9.17) is 34.8 Å². The molecule has 0 aliphatic heterocycles. The van der Waals surface area contributed by atoms with Crippen LogP contribution in [0.2, 0.25) is 15.1 Å². The molecule has 0 fully saturated rings. The molecular formula is C16H18Cl3N3O. The Morgan fingerprint density at radius 1 is 1.22 bits per heavy atom. The summed E-state index contributed by atoms with van der Waals surface area (Å²) in [4.78, 5) is 14.3. The highest BCUT2D eigenvalue weighted by Crippen LogP contribution is 2.23. The molecule has 0 unspecified atom stereocenters. The van der Waals surface area contributed by atoms with Gasteiger partial charge in [0.25, 0.3) is 0 Å². The van der Waals surface area contributed by atoms with E-state index in [2.05, 4.69) is 5.10 Å². The summed E-state index contributed by atoms with van der Waals surface area (Å²) in [6.07, 6.45) is 0. The summed E-state index contributed by atoms with van der Waals surface area (Å²) in [6, 6.07) is 5.38. The Balaban J connectivity index is 2.11. The highest BCUT2D eigenvalue weighted by molar-refractivity contribution is 6.42. The van der Waals surface area contributed by atoms with Gasteiger partial charge < -0.3 is 4.90 Å². The number of halogens is 3. The molecule has 0 spiro atoms. The number of aromatic nitrogens is 2. The van der Waals surface area contributed by atoms with E-state index in [1.807, 2.05) is 26.8 Å². The van der Waals surface area contributed by atoms with Gasteiger partial charge in [0, 0.05) is 13.1 Å². The van der Waals surface area contributed by atoms with E-state index in [1.54, 1.807) is 21.7 Å². The smallest absolute Gasteiger partial charge is 0.244 e. The molecule has 124 valence electrons. The second-order valence-electron chi connectivity index (χ2n) is 5.30. The normalized spacial score (nSPS) is 10.9. The number of benzene rings is 1. The zero-order valence-electron chi connectivity index (χ0n) is 13.2. The van der Waals surface area contributed by atoms with Gasteiger partial charge in [-0.2, -0.15) is 5.10 Å². The zero-order chi connectivity index (χ0) is 17.1. The van der Waals surface area contributed by atoms with Gasteiger partial charge in [-0.25, -0.2) is 0 Å². The van der Waals surface area contributed by atoms with Crippen LogP contribution in [0.5, 0.6) is 0 Å². The minimum absolute atomic E-state index is 0.0270. The van der Waals surface area contributed by atoms with E-state index in [-0.39, 0.29) is 12.5 Å². The lowest BCUT2D eigenvalue weighted by atomic mass is 10.2. The molecule has 0 radical (unpaired) electrons. The Hall–Kier alpha value is -1.23. The predicted octanol–water partition coefficient (Wildman–Crippen LogP) is 4.51. The molecule has 2 rings (SSSR count). The molecule has 0 saturated carbocycles. The van der Waals surface area contributed by atoms with Crippen molar-refractivity contribution >= 4 is 40.7 Å². The number of carbonyl (C=O) groups is 1. The molecule has 0 atom stereocenters. The standard InChI is InChI=1S/C16H18Cl3N3O/c1-4-21(8-12-5-6-13(17)14(18)7-12)15(23)9-22-11(3)16(19)10(2)20-22/h5-7H,4,8-9H2,1-3H3. The fourth-order valence-corrected chi connectivity index (χ4v) is 2.75. The molecule has 23 heavy (non-hydrogen) atoms. The number of aryl methyl sites for hydroxylation is 1. The van der Waals surface area contributed by atoms with Crippen LogP contribution in [0.1, 0.15) is 23.9 Å². The van der Waals surface area contributed by atoms with Gasteiger partial charge in [-0.3, -0.25) is 9.48 Å². The van der Waals surface area contributed by atoms with Gasteiger partial charge in [0.1, 0.15) is 6.54 Å². The lowest BCUT2D eigenvalue weighted by molar-refractivity contribution is -0.132. The second-order valence-corrected chi connectivity index (χ2v) is 6.49. The number of likely N-dealkylation sites (N-methyl/N-ethyl adjacent to an activating group) is 1. The van der Waals surface area contributed by atoms with E-state index in [0.717, 1.165) is 17.0 Å². The van der Waals surface area contributed by atoms with Gasteiger partial charge >= 0.3 is 0 Å². The summed E-state index contributed by atoms with van der Waals surface area (Å²) in [7, 11) is 0. The maximum absolute atomic E-state index is 12.5. The SMILES string of the molecule is CCN(Cc1ccc(Cl)c(Cl)c1)C(=O)Cn1nc(C)c(Cl)c1C. The first-order valence-corrected chi connectivity index (χ1v) is 8.38. The van der Waals surface area contributed by atoms with Crippen LogP contribution in [0, 0.1) is 13.8 Å². The van der Waals surface area contributed by atoms with E-state index in [0.29, 0.717) is 28.2 Å². The van der Waals surface area contributed by atoms with Crippen molar-refractivity contribution in [2.24, 2.45) is 0 Å². The van der Waals surface area contributed by atoms with Gasteiger partial charge in [-0.05, 0) is 38.5 Å². The van der Waals surface area contributed by atoms with Crippen LogP contribution in [0.4, 0.5) is 0 Å². The van der Waals surface area contributed by atoms with Crippen LogP contribution in [0.15, 0.2) is 18.2 Å². The molecule has 0 aliphatic carbocycles. The molecular weight excluding hydrogens is 357 g/mol. The molecule has 1 aromatic carbocycles. The van der Waals surface area contributed by atoms with Crippen LogP contribution in [-0.4, -0.2) is 27.1 Å². The average Bonchev–Trinajstić information content (AvgIpc) is 2.75. The fourth-order valence-electron chi connectivity index (χ4n) is 2.29. The topological polar surface area (TPSA) is 38.1 Å². The summed E-state index contributed by atoms with van der Waals surface area (Å²) in [5, 5.41) is 5.89. The molecule has 4 nitrogen and oxygen atoms in total. The van der Waals surface area contributed by atoms with Crippen LogP contribution in [-0.2, 0) is 17.9 Å². The first kappa shape index (κ1) is 18.1. The number of hydrogen-bond acceptors (Lipinski definition) is 2. The van der Waals surface area contributed by atoms with E-state index < -0.39 is 0 Å². The molecule has 1 heterocycles. The van der Waals surface area contributed by atoms with Crippen molar-refractivity contribution < 1.29 is 4.79 Å². The molecule has 0 bridgehead atoms. The molecule has 1 aromatic heterocycles. The van der Waals surface area contributed by atoms with Crippen LogP contribution >= 0.6 is 34.8 Å². The summed E-state index contributed by atoms with van der Waals surface area (Å²) >= 11 is 18.1. The van der Waals surface area contributed by atoms with Crippen molar-refractivity contribution in [1.29, 1.82) is 0 Å². The minimum Gasteiger partial charge on any atom is -0.337 e. The fraction of sp³-hybridized carbons (Fsp3) is 0.375. The van der Waals surface area contributed by atoms with E-state index >= 15 is 0 Å². The van der Waals surface area contributed by atoms with Gasteiger partial charge in [0.15, 0.2) is 0 Å². The van der Waals surface area contributed by atoms with E-state index in [9.17, 15) is 4.79 Å². The van der Waals surface area contributed by atoms with Crippen LogP contribution < -0.4 is 0 Å². The van der Waals surface area contributed by atoms with Crippen LogP contribution in [0.3, 0.4) is 0 Å². The van der Waals surface area contributed by atoms with Crippen molar-refractivity contribution in [3.05, 3.63) is 50.2 Å². The molecule has 0 saturated heterocycles. The maximum Gasteiger partial charge on any atom is 0.244 e. The summed E-state index contributed by atoms with van der Waals surface area (Å²) in [6.45, 7) is 6.83. The Kier molecular flexibility index (Phi) is 5.95. The molecule has 0 aliphatic rings. The lowest BCUT2D eigenvalue weighted by Gasteiger charge is -2.21. The van der Waals surface area contributed by atoms with Gasteiger partial charge in [0.2, 0.25) is 5.91 Å². The highest BCUT2D eigenvalue weighted by Gasteiger charge is 2.17. The van der Waals surface area contributed by atoms with Gasteiger partial charge in [-0.1, -0.05) is 40.9 Å². The van der Waals surface area contributed by atoms with Crippen molar-refractivity contribution in [2.75, 3.05) is 6.54 Å². The molecule has 7 heteroatoms. The largest absolute Gasteiger partial charge is 0.337 e. The van der Waals surface area contributed by atoms with Gasteiger partial charge in [-0.15, -0.1) is 0 Å². The Morgan fingerprint density at radius 2 is 1.91 bits per heavy atom. The number of carbonyl (C=O) groups excluding carboxylic acids is 1. The third kappa shape index (κ3) is 4.19. The maximum atomic E-state index is 12.5. The third-order valence-electron chi connectivity index (χ3n) is 3.67. The summed E-state index contributed by atoms with van der Waals surface area (Å²) < 4.78 is 1.64. The summed E-state index contributed by atoms with van der Waals surface area (Å²) in [5.74, 6) is -0.0270. The molecule has 0 N–H and O–H groups in total. The average molecular weight is 375 g/mol.